The maximum absolute atomic E-state index is 10.9. The van der Waals surface area contributed by atoms with E-state index in [1.54, 1.807) is 6.92 Å². The van der Waals surface area contributed by atoms with Crippen LogP contribution in [0.2, 0.25) is 0 Å². The van der Waals surface area contributed by atoms with Crippen molar-refractivity contribution in [1.82, 2.24) is 4.90 Å². The van der Waals surface area contributed by atoms with Crippen molar-refractivity contribution >= 4 is 5.78 Å². The highest BCUT2D eigenvalue weighted by Crippen LogP contribution is 2.21. The number of nitrogens with zero attached hydrogens (tertiary/aromatic N) is 1. The Morgan fingerprint density at radius 1 is 1.58 bits per heavy atom. The number of ketones is 1. The summed E-state index contributed by atoms with van der Waals surface area (Å²) in [4.78, 5) is 13.3. The van der Waals surface area contributed by atoms with Crippen molar-refractivity contribution in [3.8, 4) is 0 Å². The molecule has 0 spiro atoms. The third-order valence-electron chi connectivity index (χ3n) is 2.62. The largest absolute Gasteiger partial charge is 0.301 e. The van der Waals surface area contributed by atoms with Crippen LogP contribution < -0.4 is 0 Å². The fourth-order valence-electron chi connectivity index (χ4n) is 1.90. The van der Waals surface area contributed by atoms with Crippen LogP contribution in [0.5, 0.6) is 0 Å². The molecule has 0 aliphatic carbocycles. The highest BCUT2D eigenvalue weighted by atomic mass is 16.1. The van der Waals surface area contributed by atoms with Crippen LogP contribution in [0.15, 0.2) is 0 Å². The van der Waals surface area contributed by atoms with Crippen molar-refractivity contribution in [1.29, 1.82) is 0 Å². The van der Waals surface area contributed by atoms with Gasteiger partial charge in [0.25, 0.3) is 0 Å². The zero-order chi connectivity index (χ0) is 9.14. The first-order chi connectivity index (χ1) is 5.59. The van der Waals surface area contributed by atoms with Gasteiger partial charge in [-0.25, -0.2) is 0 Å². The molecule has 0 aromatic rings. The van der Waals surface area contributed by atoms with E-state index in [0.29, 0.717) is 17.7 Å². The van der Waals surface area contributed by atoms with E-state index in [-0.39, 0.29) is 0 Å². The summed E-state index contributed by atoms with van der Waals surface area (Å²) >= 11 is 0. The van der Waals surface area contributed by atoms with Gasteiger partial charge in [0.05, 0.1) is 0 Å². The Morgan fingerprint density at radius 2 is 2.25 bits per heavy atom. The molecule has 0 bridgehead atoms. The van der Waals surface area contributed by atoms with Gasteiger partial charge in [-0.15, -0.1) is 0 Å². The molecule has 1 heterocycles. The van der Waals surface area contributed by atoms with Gasteiger partial charge >= 0.3 is 0 Å². The van der Waals surface area contributed by atoms with Crippen LogP contribution >= 0.6 is 0 Å². The number of carbonyl (C=O) groups is 1. The van der Waals surface area contributed by atoms with E-state index in [2.05, 4.69) is 18.7 Å². The quantitative estimate of drug-likeness (QED) is 0.641. The molecule has 1 aliphatic rings. The molecule has 2 nitrogen and oxygen atoms in total. The molecule has 0 aromatic carbocycles. The standard InChI is InChI=1S/C10H19NO/c1-8(2)11-5-4-10(7-11)6-9(3)12/h8,10H,4-7H2,1-3H3. The van der Waals surface area contributed by atoms with E-state index in [9.17, 15) is 4.79 Å². The first-order valence-electron chi connectivity index (χ1n) is 4.83. The fourth-order valence-corrected chi connectivity index (χ4v) is 1.90. The predicted octanol–water partition coefficient (Wildman–Crippen LogP) is 1.70. The van der Waals surface area contributed by atoms with Crippen molar-refractivity contribution in [3.63, 3.8) is 0 Å². The number of hydrogen-bond acceptors (Lipinski definition) is 2. The number of likely N-dealkylation sites (tertiary alicyclic amines) is 1. The molecular weight excluding hydrogens is 150 g/mol. The summed E-state index contributed by atoms with van der Waals surface area (Å²) in [6, 6.07) is 0.641. The summed E-state index contributed by atoms with van der Waals surface area (Å²) in [5.74, 6) is 0.968. The number of Topliss-reactive ketones (excluding diaryl/α,β-unsaturated/α-hetero) is 1. The monoisotopic (exact) mass is 169 g/mol. The Kier molecular flexibility index (Phi) is 3.27. The van der Waals surface area contributed by atoms with Gasteiger partial charge in [-0.3, -0.25) is 0 Å². The van der Waals surface area contributed by atoms with Crippen LogP contribution in [0.25, 0.3) is 0 Å². The predicted molar refractivity (Wildman–Crippen MR) is 50.1 cm³/mol. The second-order valence-electron chi connectivity index (χ2n) is 4.15. The molecule has 2 heteroatoms. The summed E-state index contributed by atoms with van der Waals surface area (Å²) in [6.07, 6.45) is 1.99. The van der Waals surface area contributed by atoms with Gasteiger partial charge in [0, 0.05) is 19.0 Å². The molecule has 1 rings (SSSR count). The average Bonchev–Trinajstić information content (AvgIpc) is 2.34. The van der Waals surface area contributed by atoms with Gasteiger partial charge < -0.3 is 9.69 Å². The molecule has 1 fully saturated rings. The average molecular weight is 169 g/mol. The van der Waals surface area contributed by atoms with Crippen LogP contribution in [-0.2, 0) is 4.79 Å². The van der Waals surface area contributed by atoms with Crippen LogP contribution in [0.3, 0.4) is 0 Å². The third kappa shape index (κ3) is 2.59. The van der Waals surface area contributed by atoms with Crippen LogP contribution in [0.1, 0.15) is 33.6 Å². The molecule has 1 atom stereocenters. The molecule has 0 saturated carbocycles. The lowest BCUT2D eigenvalue weighted by atomic mass is 10.0. The number of carbonyl (C=O) groups excluding carboxylic acids is 1. The lowest BCUT2D eigenvalue weighted by molar-refractivity contribution is -0.117. The van der Waals surface area contributed by atoms with Crippen molar-refractivity contribution in [3.05, 3.63) is 0 Å². The van der Waals surface area contributed by atoms with Gasteiger partial charge in [0.15, 0.2) is 0 Å². The Labute approximate surface area is 74.9 Å². The lowest BCUT2D eigenvalue weighted by Crippen LogP contribution is -2.28. The Balaban J connectivity index is 2.30. The molecule has 1 aliphatic heterocycles. The summed E-state index contributed by atoms with van der Waals surface area (Å²) in [6.45, 7) is 8.43. The highest BCUT2D eigenvalue weighted by molar-refractivity contribution is 5.75. The Morgan fingerprint density at radius 3 is 2.67 bits per heavy atom. The first kappa shape index (κ1) is 9.72. The normalized spacial score (nSPS) is 25.2. The van der Waals surface area contributed by atoms with Gasteiger partial charge in [0.2, 0.25) is 0 Å². The fraction of sp³-hybridized carbons (Fsp3) is 0.900. The smallest absolute Gasteiger partial charge is 0.130 e. The van der Waals surface area contributed by atoms with Crippen LogP contribution in [0, 0.1) is 5.92 Å². The molecular formula is C10H19NO. The minimum absolute atomic E-state index is 0.339. The molecule has 0 radical (unpaired) electrons. The number of hydrogen-bond donors (Lipinski definition) is 0. The molecule has 0 N–H and O–H groups in total. The topological polar surface area (TPSA) is 20.3 Å². The molecule has 12 heavy (non-hydrogen) atoms. The van der Waals surface area contributed by atoms with Crippen molar-refractivity contribution in [2.75, 3.05) is 13.1 Å². The van der Waals surface area contributed by atoms with Crippen LogP contribution in [0.4, 0.5) is 0 Å². The van der Waals surface area contributed by atoms with Gasteiger partial charge in [-0.2, -0.15) is 0 Å². The van der Waals surface area contributed by atoms with Crippen molar-refractivity contribution < 1.29 is 4.79 Å². The van der Waals surface area contributed by atoms with Gasteiger partial charge in [-0.1, -0.05) is 0 Å². The van der Waals surface area contributed by atoms with Crippen LogP contribution in [-0.4, -0.2) is 29.8 Å². The molecule has 1 saturated heterocycles. The number of rotatable bonds is 3. The minimum atomic E-state index is 0.339. The van der Waals surface area contributed by atoms with Gasteiger partial charge in [-0.05, 0) is 39.7 Å². The second-order valence-corrected chi connectivity index (χ2v) is 4.15. The van der Waals surface area contributed by atoms with Crippen molar-refractivity contribution in [2.45, 2.75) is 39.7 Å². The van der Waals surface area contributed by atoms with Gasteiger partial charge in [0.1, 0.15) is 5.78 Å². The minimum Gasteiger partial charge on any atom is -0.301 e. The Hall–Kier alpha value is -0.370. The van der Waals surface area contributed by atoms with E-state index < -0.39 is 0 Å². The Bertz CT molecular complexity index is 165. The first-order valence-corrected chi connectivity index (χ1v) is 4.83. The zero-order valence-electron chi connectivity index (χ0n) is 8.34. The summed E-state index contributed by atoms with van der Waals surface area (Å²) in [5.41, 5.74) is 0. The molecule has 0 aromatic heterocycles. The second kappa shape index (κ2) is 4.04. The SMILES string of the molecule is CC(=O)CC1CCN(C(C)C)C1. The highest BCUT2D eigenvalue weighted by Gasteiger charge is 2.24. The third-order valence-corrected chi connectivity index (χ3v) is 2.62. The van der Waals surface area contributed by atoms with E-state index in [4.69, 9.17) is 0 Å². The maximum Gasteiger partial charge on any atom is 0.130 e. The molecule has 1 unspecified atom stereocenters. The lowest BCUT2D eigenvalue weighted by Gasteiger charge is -2.19. The van der Waals surface area contributed by atoms with E-state index in [0.717, 1.165) is 13.0 Å². The van der Waals surface area contributed by atoms with Crippen molar-refractivity contribution in [2.24, 2.45) is 5.92 Å². The summed E-state index contributed by atoms with van der Waals surface area (Å²) in [7, 11) is 0. The summed E-state index contributed by atoms with van der Waals surface area (Å²) < 4.78 is 0. The summed E-state index contributed by atoms with van der Waals surface area (Å²) in [5, 5.41) is 0. The zero-order valence-corrected chi connectivity index (χ0v) is 8.34. The van der Waals surface area contributed by atoms with E-state index in [1.807, 2.05) is 0 Å². The maximum atomic E-state index is 10.9. The molecule has 70 valence electrons. The van der Waals surface area contributed by atoms with E-state index >= 15 is 0 Å². The van der Waals surface area contributed by atoms with E-state index in [1.165, 1.54) is 13.0 Å². The molecule has 0 amide bonds.